The van der Waals surface area contributed by atoms with Crippen molar-refractivity contribution in [1.29, 1.82) is 0 Å². The lowest BCUT2D eigenvalue weighted by atomic mass is 9.97. The van der Waals surface area contributed by atoms with Gasteiger partial charge in [0.1, 0.15) is 5.82 Å². The molecular weight excluding hydrogens is 163 g/mol. The maximum Gasteiger partial charge on any atom is 0.134 e. The zero-order chi connectivity index (χ0) is 10.0. The molecule has 0 aliphatic heterocycles. The van der Waals surface area contributed by atoms with Crippen LogP contribution >= 0.6 is 0 Å². The molecular formula is C12H15F. The topological polar surface area (TPSA) is 0 Å². The van der Waals surface area contributed by atoms with E-state index in [1.165, 1.54) is 0 Å². The van der Waals surface area contributed by atoms with Gasteiger partial charge in [0.25, 0.3) is 0 Å². The Balaban J connectivity index is 3.26. The lowest BCUT2D eigenvalue weighted by Crippen LogP contribution is -1.96. The van der Waals surface area contributed by atoms with Gasteiger partial charge in [0.2, 0.25) is 0 Å². The van der Waals surface area contributed by atoms with E-state index < -0.39 is 0 Å². The van der Waals surface area contributed by atoms with Crippen molar-refractivity contribution in [3.8, 4) is 0 Å². The van der Waals surface area contributed by atoms with Crippen LogP contribution in [0.2, 0.25) is 0 Å². The van der Waals surface area contributed by atoms with Crippen LogP contribution in [0.1, 0.15) is 37.8 Å². The standard InChI is InChI=1S/C12H15F/c1-8(2)10-6-5-7-11(9(3)4)12(10)13/h5-7,9H,1H2,2-4H3. The number of rotatable bonds is 2. The van der Waals surface area contributed by atoms with Crippen LogP contribution in [0, 0.1) is 5.82 Å². The fourth-order valence-corrected chi connectivity index (χ4v) is 1.33. The highest BCUT2D eigenvalue weighted by atomic mass is 19.1. The zero-order valence-electron chi connectivity index (χ0n) is 8.39. The molecule has 70 valence electrons. The fraction of sp³-hybridized carbons (Fsp3) is 0.333. The van der Waals surface area contributed by atoms with E-state index in [1.807, 2.05) is 32.9 Å². The van der Waals surface area contributed by atoms with Crippen molar-refractivity contribution in [1.82, 2.24) is 0 Å². The molecule has 1 aromatic rings. The number of allylic oxidation sites excluding steroid dienone is 1. The molecule has 13 heavy (non-hydrogen) atoms. The molecule has 0 aromatic heterocycles. The van der Waals surface area contributed by atoms with Crippen LogP contribution in [0.25, 0.3) is 5.57 Å². The van der Waals surface area contributed by atoms with Crippen molar-refractivity contribution in [3.05, 3.63) is 41.7 Å². The Morgan fingerprint density at radius 1 is 1.38 bits per heavy atom. The number of benzene rings is 1. The zero-order valence-corrected chi connectivity index (χ0v) is 8.39. The number of hydrogen-bond donors (Lipinski definition) is 0. The summed E-state index contributed by atoms with van der Waals surface area (Å²) in [5.41, 5.74) is 2.17. The van der Waals surface area contributed by atoms with Gasteiger partial charge in [-0.1, -0.05) is 38.6 Å². The lowest BCUT2D eigenvalue weighted by molar-refractivity contribution is 0.595. The summed E-state index contributed by atoms with van der Waals surface area (Å²) in [6.45, 7) is 9.54. The normalized spacial score (nSPS) is 10.5. The van der Waals surface area contributed by atoms with E-state index in [9.17, 15) is 4.39 Å². The van der Waals surface area contributed by atoms with Gasteiger partial charge in [0.05, 0.1) is 0 Å². The second-order valence-electron chi connectivity index (χ2n) is 3.64. The summed E-state index contributed by atoms with van der Waals surface area (Å²) < 4.78 is 13.7. The molecule has 1 heteroatoms. The fourth-order valence-electron chi connectivity index (χ4n) is 1.33. The molecule has 1 aromatic carbocycles. The first-order valence-corrected chi connectivity index (χ1v) is 4.48. The van der Waals surface area contributed by atoms with Crippen molar-refractivity contribution in [2.24, 2.45) is 0 Å². The summed E-state index contributed by atoms with van der Waals surface area (Å²) in [4.78, 5) is 0. The van der Waals surface area contributed by atoms with Gasteiger partial charge in [-0.15, -0.1) is 0 Å². The largest absolute Gasteiger partial charge is 0.206 e. The molecule has 1 rings (SSSR count). The molecule has 0 nitrogen and oxygen atoms in total. The van der Waals surface area contributed by atoms with E-state index in [-0.39, 0.29) is 11.7 Å². The highest BCUT2D eigenvalue weighted by Crippen LogP contribution is 2.24. The van der Waals surface area contributed by atoms with Gasteiger partial charge < -0.3 is 0 Å². The maximum atomic E-state index is 13.7. The summed E-state index contributed by atoms with van der Waals surface area (Å²) >= 11 is 0. The Labute approximate surface area is 79.1 Å². The third-order valence-electron chi connectivity index (χ3n) is 2.11. The van der Waals surface area contributed by atoms with Gasteiger partial charge in [0.15, 0.2) is 0 Å². The first kappa shape index (κ1) is 9.97. The van der Waals surface area contributed by atoms with Gasteiger partial charge >= 0.3 is 0 Å². The highest BCUT2D eigenvalue weighted by Gasteiger charge is 2.10. The Bertz CT molecular complexity index is 324. The minimum atomic E-state index is -0.120. The van der Waals surface area contributed by atoms with Gasteiger partial charge in [-0.3, -0.25) is 0 Å². The molecule has 0 aliphatic carbocycles. The van der Waals surface area contributed by atoms with Crippen molar-refractivity contribution < 1.29 is 4.39 Å². The summed E-state index contributed by atoms with van der Waals surface area (Å²) in [6.07, 6.45) is 0. The summed E-state index contributed by atoms with van der Waals surface area (Å²) in [7, 11) is 0. The predicted octanol–water partition coefficient (Wildman–Crippen LogP) is 3.98. The highest BCUT2D eigenvalue weighted by molar-refractivity contribution is 5.62. The van der Waals surface area contributed by atoms with Crippen LogP contribution in [0.3, 0.4) is 0 Å². The summed E-state index contributed by atoms with van der Waals surface area (Å²) in [5.74, 6) is 0.101. The Morgan fingerprint density at radius 2 is 2.00 bits per heavy atom. The summed E-state index contributed by atoms with van der Waals surface area (Å²) in [5, 5.41) is 0. The van der Waals surface area contributed by atoms with Crippen LogP contribution < -0.4 is 0 Å². The van der Waals surface area contributed by atoms with E-state index in [1.54, 1.807) is 6.07 Å². The van der Waals surface area contributed by atoms with Crippen LogP contribution in [-0.2, 0) is 0 Å². The first-order chi connectivity index (χ1) is 6.04. The van der Waals surface area contributed by atoms with Gasteiger partial charge in [0, 0.05) is 5.56 Å². The van der Waals surface area contributed by atoms with Gasteiger partial charge in [-0.05, 0) is 24.0 Å². The quantitative estimate of drug-likeness (QED) is 0.642. The lowest BCUT2D eigenvalue weighted by Gasteiger charge is -2.10. The predicted molar refractivity (Wildman–Crippen MR) is 55.2 cm³/mol. The van der Waals surface area contributed by atoms with Crippen molar-refractivity contribution in [2.45, 2.75) is 26.7 Å². The Morgan fingerprint density at radius 3 is 2.46 bits per heavy atom. The van der Waals surface area contributed by atoms with E-state index in [4.69, 9.17) is 0 Å². The minimum absolute atomic E-state index is 0.120. The average Bonchev–Trinajstić information content (AvgIpc) is 2.03. The molecule has 0 amide bonds. The average molecular weight is 178 g/mol. The van der Waals surface area contributed by atoms with Crippen molar-refractivity contribution >= 4 is 5.57 Å². The second kappa shape index (κ2) is 3.73. The molecule has 0 unspecified atom stereocenters. The third kappa shape index (κ3) is 1.97. The Kier molecular flexibility index (Phi) is 2.86. The maximum absolute atomic E-state index is 13.7. The SMILES string of the molecule is C=C(C)c1cccc(C(C)C)c1F. The van der Waals surface area contributed by atoms with Crippen LogP contribution in [0.15, 0.2) is 24.8 Å². The van der Waals surface area contributed by atoms with Crippen molar-refractivity contribution in [3.63, 3.8) is 0 Å². The third-order valence-corrected chi connectivity index (χ3v) is 2.11. The summed E-state index contributed by atoms with van der Waals surface area (Å²) in [6, 6.07) is 5.47. The molecule has 0 atom stereocenters. The smallest absolute Gasteiger partial charge is 0.134 e. The van der Waals surface area contributed by atoms with E-state index >= 15 is 0 Å². The van der Waals surface area contributed by atoms with Crippen LogP contribution in [0.4, 0.5) is 4.39 Å². The molecule has 0 bridgehead atoms. The molecule has 0 radical (unpaired) electrons. The van der Waals surface area contributed by atoms with Crippen LogP contribution in [0.5, 0.6) is 0 Å². The monoisotopic (exact) mass is 178 g/mol. The van der Waals surface area contributed by atoms with Gasteiger partial charge in [-0.2, -0.15) is 0 Å². The number of halogens is 1. The molecule has 0 N–H and O–H groups in total. The molecule has 0 saturated heterocycles. The minimum Gasteiger partial charge on any atom is -0.206 e. The Hall–Kier alpha value is -1.11. The number of hydrogen-bond acceptors (Lipinski definition) is 0. The van der Waals surface area contributed by atoms with E-state index in [0.29, 0.717) is 5.56 Å². The van der Waals surface area contributed by atoms with Crippen molar-refractivity contribution in [2.75, 3.05) is 0 Å². The van der Waals surface area contributed by atoms with Crippen LogP contribution in [-0.4, -0.2) is 0 Å². The molecule has 0 heterocycles. The van der Waals surface area contributed by atoms with Gasteiger partial charge in [-0.25, -0.2) is 4.39 Å². The second-order valence-corrected chi connectivity index (χ2v) is 3.64. The molecule has 0 saturated carbocycles. The molecule has 0 spiro atoms. The van der Waals surface area contributed by atoms with E-state index in [0.717, 1.165) is 11.1 Å². The molecule has 0 aliphatic rings. The first-order valence-electron chi connectivity index (χ1n) is 4.48. The molecule has 0 fully saturated rings. The van der Waals surface area contributed by atoms with E-state index in [2.05, 4.69) is 6.58 Å².